The first-order chi connectivity index (χ1) is 32.6. The molecule has 0 aliphatic rings. The summed E-state index contributed by atoms with van der Waals surface area (Å²) in [6.07, 6.45) is 9.04. The molecule has 2 unspecified atom stereocenters. The summed E-state index contributed by atoms with van der Waals surface area (Å²) in [6.45, 7) is 27.6. The molecule has 2 aromatic rings. The van der Waals surface area contributed by atoms with Crippen LogP contribution in [0, 0.1) is 0 Å². The zero-order valence-corrected chi connectivity index (χ0v) is 45.2. The first-order valence-corrected chi connectivity index (χ1v) is 24.5. The highest BCUT2D eigenvalue weighted by Gasteiger charge is 2.32. The number of nitrogens with zero attached hydrogens (tertiary/aromatic N) is 5. The van der Waals surface area contributed by atoms with Crippen molar-refractivity contribution in [2.75, 3.05) is 13.1 Å². The lowest BCUT2D eigenvalue weighted by Gasteiger charge is -2.27. The highest BCUT2D eigenvalue weighted by Crippen LogP contribution is 2.17. The summed E-state index contributed by atoms with van der Waals surface area (Å²) in [4.78, 5) is 102. The molecule has 0 saturated heterocycles. The summed E-state index contributed by atoms with van der Waals surface area (Å²) >= 11 is 0. The molecule has 2 rings (SSSR count). The SMILES string of the molecule is CC(C)(C)OC(=O)CCC(NC(=O)NC(CCCCNC(=O)[C@@H](N)CCCCN(Cc1nccn1CC(=O)OC(C)(C)C)Cc1nccn1CC(=O)OC(C)(C)C)C(=O)OC(C)(C)C)C(=O)OC(C)(C)C. The van der Waals surface area contributed by atoms with Gasteiger partial charge in [0.15, 0.2) is 0 Å². The summed E-state index contributed by atoms with van der Waals surface area (Å²) in [7, 11) is 0. The summed E-state index contributed by atoms with van der Waals surface area (Å²) in [5.74, 6) is -1.86. The van der Waals surface area contributed by atoms with Crippen LogP contribution in [0.4, 0.5) is 4.79 Å². The number of imidazole rings is 2. The Hall–Kier alpha value is -5.57. The lowest BCUT2D eigenvalue weighted by molar-refractivity contribution is -0.159. The fraction of sp³-hybridized carbons (Fsp3) is 0.740. The van der Waals surface area contributed by atoms with Crippen molar-refractivity contribution in [2.45, 2.75) is 228 Å². The van der Waals surface area contributed by atoms with E-state index in [0.29, 0.717) is 63.4 Å². The van der Waals surface area contributed by atoms with Gasteiger partial charge in [0.05, 0.1) is 19.1 Å². The molecule has 0 fully saturated rings. The molecular weight excluding hydrogens is 919 g/mol. The molecule has 2 aromatic heterocycles. The molecule has 0 aliphatic carbocycles. The van der Waals surface area contributed by atoms with E-state index in [0.717, 1.165) is 0 Å². The Morgan fingerprint density at radius 3 is 1.41 bits per heavy atom. The average molecular weight is 1000 g/mol. The van der Waals surface area contributed by atoms with Crippen LogP contribution in [-0.4, -0.2) is 125 Å². The number of ether oxygens (including phenoxy) is 5. The third kappa shape index (κ3) is 27.6. The van der Waals surface area contributed by atoms with Crippen molar-refractivity contribution < 1.29 is 57.2 Å². The highest BCUT2D eigenvalue weighted by atomic mass is 16.6. The van der Waals surface area contributed by atoms with Gasteiger partial charge in [-0.25, -0.2) is 24.4 Å². The lowest BCUT2D eigenvalue weighted by atomic mass is 10.1. The predicted molar refractivity (Wildman–Crippen MR) is 265 cm³/mol. The quantitative estimate of drug-likeness (QED) is 0.0523. The smallest absolute Gasteiger partial charge is 0.329 e. The number of nitrogens with one attached hydrogen (secondary N) is 3. The van der Waals surface area contributed by atoms with Crippen LogP contribution in [0.15, 0.2) is 24.8 Å². The minimum absolute atomic E-state index is 0.0201. The number of nitrogens with two attached hydrogens (primary N) is 1. The van der Waals surface area contributed by atoms with E-state index < -0.39 is 82.0 Å². The van der Waals surface area contributed by atoms with Crippen molar-refractivity contribution in [3.63, 3.8) is 0 Å². The minimum Gasteiger partial charge on any atom is -0.460 e. The Labute approximate surface area is 420 Å². The Balaban J connectivity index is 2.03. The molecule has 0 spiro atoms. The molecular formula is C50H85N9O12. The fourth-order valence-electron chi connectivity index (χ4n) is 6.81. The summed E-state index contributed by atoms with van der Waals surface area (Å²) in [5, 5.41) is 8.04. The molecule has 0 aromatic carbocycles. The topological polar surface area (TPSA) is 267 Å². The van der Waals surface area contributed by atoms with Crippen molar-refractivity contribution in [1.29, 1.82) is 0 Å². The number of urea groups is 1. The van der Waals surface area contributed by atoms with Gasteiger partial charge in [-0.05, 0) is 149 Å². The summed E-state index contributed by atoms with van der Waals surface area (Å²) in [5.41, 5.74) is 2.56. The average Bonchev–Trinajstić information content (AvgIpc) is 3.81. The maximum atomic E-state index is 13.3. The Kier molecular flexibility index (Phi) is 23.7. The van der Waals surface area contributed by atoms with E-state index in [-0.39, 0.29) is 44.8 Å². The number of hydrogen-bond donors (Lipinski definition) is 4. The van der Waals surface area contributed by atoms with Gasteiger partial charge in [0.1, 0.15) is 64.8 Å². The monoisotopic (exact) mass is 1000 g/mol. The molecule has 21 nitrogen and oxygen atoms in total. The van der Waals surface area contributed by atoms with Crippen LogP contribution in [0.2, 0.25) is 0 Å². The van der Waals surface area contributed by atoms with Crippen molar-refractivity contribution >= 4 is 41.8 Å². The number of aromatic nitrogens is 4. The van der Waals surface area contributed by atoms with E-state index in [1.54, 1.807) is 138 Å². The molecule has 5 N–H and O–H groups in total. The van der Waals surface area contributed by atoms with E-state index in [4.69, 9.17) is 29.4 Å². The number of carbonyl (C=O) groups excluding carboxylic acids is 7. The third-order valence-electron chi connectivity index (χ3n) is 9.62. The summed E-state index contributed by atoms with van der Waals surface area (Å²) < 4.78 is 31.0. The molecule has 2 heterocycles. The number of rotatable bonds is 26. The van der Waals surface area contributed by atoms with Gasteiger partial charge in [-0.1, -0.05) is 6.42 Å². The highest BCUT2D eigenvalue weighted by molar-refractivity contribution is 5.87. The molecule has 3 amide bonds. The molecule has 21 heteroatoms. The Morgan fingerprint density at radius 1 is 0.563 bits per heavy atom. The van der Waals surface area contributed by atoms with Crippen LogP contribution in [-0.2, 0) is 78.6 Å². The molecule has 0 bridgehead atoms. The number of amides is 3. The van der Waals surface area contributed by atoms with E-state index in [9.17, 15) is 33.6 Å². The summed E-state index contributed by atoms with van der Waals surface area (Å²) in [6, 6.07) is -3.96. The number of esters is 5. The van der Waals surface area contributed by atoms with Crippen LogP contribution >= 0.6 is 0 Å². The van der Waals surface area contributed by atoms with Crippen molar-refractivity contribution in [2.24, 2.45) is 5.73 Å². The second-order valence-corrected chi connectivity index (χ2v) is 22.6. The lowest BCUT2D eigenvalue weighted by Crippen LogP contribution is -2.53. The second kappa shape index (κ2) is 27.3. The van der Waals surface area contributed by atoms with E-state index in [1.165, 1.54) is 0 Å². The van der Waals surface area contributed by atoms with E-state index >= 15 is 0 Å². The van der Waals surface area contributed by atoms with Gasteiger partial charge in [-0.15, -0.1) is 0 Å². The number of carbonyl (C=O) groups is 7. The number of unbranched alkanes of at least 4 members (excludes halogenated alkanes) is 2. The molecule has 0 saturated carbocycles. The van der Waals surface area contributed by atoms with Gasteiger partial charge in [0.25, 0.3) is 0 Å². The zero-order chi connectivity index (χ0) is 54.0. The van der Waals surface area contributed by atoms with Crippen LogP contribution in [0.25, 0.3) is 0 Å². The predicted octanol–water partition coefficient (Wildman–Crippen LogP) is 5.39. The van der Waals surface area contributed by atoms with Gasteiger partial charge < -0.3 is 54.5 Å². The van der Waals surface area contributed by atoms with Gasteiger partial charge in [-0.2, -0.15) is 0 Å². The van der Waals surface area contributed by atoms with Gasteiger partial charge in [0.2, 0.25) is 5.91 Å². The van der Waals surface area contributed by atoms with Crippen LogP contribution in [0.1, 0.15) is 167 Å². The normalized spacial score (nSPS) is 13.6. The number of hydrogen-bond acceptors (Lipinski definition) is 16. The Morgan fingerprint density at radius 2 is 0.972 bits per heavy atom. The fourth-order valence-corrected chi connectivity index (χ4v) is 6.81. The van der Waals surface area contributed by atoms with Crippen LogP contribution < -0.4 is 21.7 Å². The van der Waals surface area contributed by atoms with Crippen LogP contribution in [0.5, 0.6) is 0 Å². The molecule has 402 valence electrons. The largest absolute Gasteiger partial charge is 0.460 e. The van der Waals surface area contributed by atoms with Gasteiger partial charge >= 0.3 is 35.9 Å². The van der Waals surface area contributed by atoms with Crippen molar-refractivity contribution in [1.82, 2.24) is 40.0 Å². The standard InChI is InChI=1S/C50H85N9O12/c1-46(2,3)67-39(60)23-22-36(44(65)71-50(13,14)15)56-45(66)55-35(43(64)70-49(10,11)12)21-16-18-24-54-42(63)34(51)20-17-19-27-57(30-37-52-25-28-58(37)32-40(61)68-47(4,5)6)31-38-53-26-29-59(38)33-41(62)69-48(7,8)9/h25-26,28-29,34-36H,16-24,27,30-33,51H2,1-15H3,(H,54,63)(H2,55,56,66)/t34-,35?,36?/m0/s1. The third-order valence-corrected chi connectivity index (χ3v) is 9.62. The first kappa shape index (κ1) is 61.5. The Bertz CT molecular complexity index is 1980. The van der Waals surface area contributed by atoms with Crippen molar-refractivity contribution in [3.05, 3.63) is 36.4 Å². The van der Waals surface area contributed by atoms with E-state index in [1.807, 2.05) is 0 Å². The maximum absolute atomic E-state index is 13.3. The molecule has 0 aliphatic heterocycles. The van der Waals surface area contributed by atoms with Crippen LogP contribution in [0.3, 0.4) is 0 Å². The molecule has 0 radical (unpaired) electrons. The van der Waals surface area contributed by atoms with E-state index in [2.05, 4.69) is 30.8 Å². The first-order valence-electron chi connectivity index (χ1n) is 24.5. The van der Waals surface area contributed by atoms with Gasteiger partial charge in [0, 0.05) is 37.8 Å². The minimum atomic E-state index is -1.22. The maximum Gasteiger partial charge on any atom is 0.329 e. The molecule has 71 heavy (non-hydrogen) atoms. The molecule has 3 atom stereocenters. The van der Waals surface area contributed by atoms with Gasteiger partial charge in [-0.3, -0.25) is 24.1 Å². The second-order valence-electron chi connectivity index (χ2n) is 22.6. The van der Waals surface area contributed by atoms with Crippen molar-refractivity contribution in [3.8, 4) is 0 Å². The zero-order valence-electron chi connectivity index (χ0n) is 45.2.